The highest BCUT2D eigenvalue weighted by Gasteiger charge is 2.34. The highest BCUT2D eigenvalue weighted by molar-refractivity contribution is 5.33. The summed E-state index contributed by atoms with van der Waals surface area (Å²) in [6.45, 7) is 2.63. The standard InChI is InChI=1S/C16H20FN3/c1-19-14-3-4-15(19)11-20(7-6-14)10-13-8-12(9-18)2-5-16(13)17/h2,5,8,14-15H,3-4,6-7,10-11H2,1H3. The summed E-state index contributed by atoms with van der Waals surface area (Å²) < 4.78 is 13.9. The van der Waals surface area contributed by atoms with Crippen LogP contribution >= 0.6 is 0 Å². The Morgan fingerprint density at radius 3 is 2.90 bits per heavy atom. The summed E-state index contributed by atoms with van der Waals surface area (Å²) >= 11 is 0. The lowest BCUT2D eigenvalue weighted by atomic mass is 10.1. The summed E-state index contributed by atoms with van der Waals surface area (Å²) in [5.74, 6) is -0.202. The molecule has 4 heteroatoms. The monoisotopic (exact) mass is 273 g/mol. The lowest BCUT2D eigenvalue weighted by Gasteiger charge is -2.25. The number of benzene rings is 1. The van der Waals surface area contributed by atoms with Crippen LogP contribution in [0.3, 0.4) is 0 Å². The van der Waals surface area contributed by atoms with Gasteiger partial charge in [0.1, 0.15) is 5.82 Å². The summed E-state index contributed by atoms with van der Waals surface area (Å²) in [4.78, 5) is 4.82. The van der Waals surface area contributed by atoms with Gasteiger partial charge in [0, 0.05) is 37.3 Å². The highest BCUT2D eigenvalue weighted by Crippen LogP contribution is 2.29. The van der Waals surface area contributed by atoms with Crippen LogP contribution in [0.15, 0.2) is 18.2 Å². The Morgan fingerprint density at radius 2 is 2.10 bits per heavy atom. The van der Waals surface area contributed by atoms with Crippen molar-refractivity contribution in [3.05, 3.63) is 35.1 Å². The predicted molar refractivity (Wildman–Crippen MR) is 75.6 cm³/mol. The fourth-order valence-corrected chi connectivity index (χ4v) is 3.53. The molecule has 2 atom stereocenters. The Balaban J connectivity index is 1.74. The Bertz CT molecular complexity index is 537. The summed E-state index contributed by atoms with van der Waals surface area (Å²) in [5.41, 5.74) is 1.18. The molecule has 0 aromatic heterocycles. The van der Waals surface area contributed by atoms with Crippen molar-refractivity contribution in [3.8, 4) is 6.07 Å². The van der Waals surface area contributed by atoms with Gasteiger partial charge in [0.2, 0.25) is 0 Å². The molecule has 0 spiro atoms. The van der Waals surface area contributed by atoms with E-state index in [0.717, 1.165) is 19.5 Å². The van der Waals surface area contributed by atoms with Crippen molar-refractivity contribution in [1.82, 2.24) is 9.80 Å². The first kappa shape index (κ1) is 13.5. The van der Waals surface area contributed by atoms with Crippen molar-refractivity contribution < 1.29 is 4.39 Å². The van der Waals surface area contributed by atoms with Crippen molar-refractivity contribution in [2.45, 2.75) is 37.9 Å². The van der Waals surface area contributed by atoms with Crippen molar-refractivity contribution in [2.75, 3.05) is 20.1 Å². The number of halogens is 1. The molecule has 1 aromatic carbocycles. The minimum atomic E-state index is -0.202. The second-order valence-electron chi connectivity index (χ2n) is 5.99. The smallest absolute Gasteiger partial charge is 0.127 e. The number of nitriles is 1. The van der Waals surface area contributed by atoms with Gasteiger partial charge in [0.05, 0.1) is 11.6 Å². The van der Waals surface area contributed by atoms with Gasteiger partial charge in [-0.05, 0) is 44.5 Å². The van der Waals surface area contributed by atoms with E-state index in [9.17, 15) is 4.39 Å². The molecule has 2 heterocycles. The van der Waals surface area contributed by atoms with Crippen LogP contribution < -0.4 is 0 Å². The van der Waals surface area contributed by atoms with Crippen LogP contribution in [0.1, 0.15) is 30.4 Å². The molecular weight excluding hydrogens is 253 g/mol. The Labute approximate surface area is 119 Å². The molecular formula is C16H20FN3. The number of rotatable bonds is 2. The molecule has 3 rings (SSSR count). The average molecular weight is 273 g/mol. The maximum Gasteiger partial charge on any atom is 0.127 e. The molecule has 0 radical (unpaired) electrons. The Morgan fingerprint density at radius 1 is 1.30 bits per heavy atom. The van der Waals surface area contributed by atoms with E-state index in [0.29, 0.717) is 29.8 Å². The van der Waals surface area contributed by atoms with Gasteiger partial charge in [0.15, 0.2) is 0 Å². The van der Waals surface area contributed by atoms with E-state index < -0.39 is 0 Å². The van der Waals surface area contributed by atoms with Crippen LogP contribution in [-0.4, -0.2) is 42.0 Å². The normalized spacial score (nSPS) is 27.2. The average Bonchev–Trinajstić information content (AvgIpc) is 2.69. The van der Waals surface area contributed by atoms with E-state index in [1.807, 2.05) is 0 Å². The number of fused-ring (bicyclic) bond motifs is 2. The maximum absolute atomic E-state index is 13.9. The molecule has 0 amide bonds. The molecule has 2 fully saturated rings. The fourth-order valence-electron chi connectivity index (χ4n) is 3.53. The number of hydrogen-bond acceptors (Lipinski definition) is 3. The zero-order valence-corrected chi connectivity index (χ0v) is 11.8. The third-order valence-corrected chi connectivity index (χ3v) is 4.80. The summed E-state index contributed by atoms with van der Waals surface area (Å²) in [7, 11) is 2.21. The van der Waals surface area contributed by atoms with E-state index in [1.165, 1.54) is 25.0 Å². The molecule has 2 saturated heterocycles. The van der Waals surface area contributed by atoms with Crippen LogP contribution in [0, 0.1) is 17.1 Å². The molecule has 20 heavy (non-hydrogen) atoms. The van der Waals surface area contributed by atoms with E-state index in [4.69, 9.17) is 5.26 Å². The van der Waals surface area contributed by atoms with Gasteiger partial charge < -0.3 is 0 Å². The molecule has 1 aromatic rings. The quantitative estimate of drug-likeness (QED) is 0.828. The maximum atomic E-state index is 13.9. The SMILES string of the molecule is CN1C2CCC1CN(Cc1cc(C#N)ccc1F)CC2. The molecule has 0 saturated carbocycles. The first-order valence-electron chi connectivity index (χ1n) is 7.30. The van der Waals surface area contributed by atoms with Gasteiger partial charge in [-0.2, -0.15) is 5.26 Å². The van der Waals surface area contributed by atoms with Gasteiger partial charge in [-0.1, -0.05) is 0 Å². The van der Waals surface area contributed by atoms with Gasteiger partial charge in [-0.3, -0.25) is 9.80 Å². The van der Waals surface area contributed by atoms with Gasteiger partial charge in [0.25, 0.3) is 0 Å². The van der Waals surface area contributed by atoms with Crippen LogP contribution in [-0.2, 0) is 6.54 Å². The minimum absolute atomic E-state index is 0.202. The second-order valence-corrected chi connectivity index (χ2v) is 5.99. The Kier molecular flexibility index (Phi) is 3.73. The Hall–Kier alpha value is -1.44. The van der Waals surface area contributed by atoms with Gasteiger partial charge >= 0.3 is 0 Å². The van der Waals surface area contributed by atoms with Gasteiger partial charge in [-0.15, -0.1) is 0 Å². The topological polar surface area (TPSA) is 30.3 Å². The van der Waals surface area contributed by atoms with E-state index in [2.05, 4.69) is 22.9 Å². The zero-order valence-electron chi connectivity index (χ0n) is 11.8. The highest BCUT2D eigenvalue weighted by atomic mass is 19.1. The number of likely N-dealkylation sites (N-methyl/N-ethyl adjacent to an activating group) is 1. The van der Waals surface area contributed by atoms with Crippen molar-refractivity contribution in [3.63, 3.8) is 0 Å². The molecule has 2 unspecified atom stereocenters. The molecule has 3 nitrogen and oxygen atoms in total. The summed E-state index contributed by atoms with van der Waals surface area (Å²) in [6, 6.07) is 8.01. The molecule has 2 aliphatic heterocycles. The molecule has 2 bridgehead atoms. The third-order valence-electron chi connectivity index (χ3n) is 4.80. The van der Waals surface area contributed by atoms with Crippen molar-refractivity contribution in [2.24, 2.45) is 0 Å². The second kappa shape index (κ2) is 5.51. The molecule has 106 valence electrons. The molecule has 0 N–H and O–H groups in total. The largest absolute Gasteiger partial charge is 0.299 e. The van der Waals surface area contributed by atoms with Crippen LogP contribution in [0.4, 0.5) is 4.39 Å². The summed E-state index contributed by atoms with van der Waals surface area (Å²) in [6.07, 6.45) is 3.71. The number of nitrogens with zero attached hydrogens (tertiary/aromatic N) is 3. The first-order chi connectivity index (χ1) is 9.67. The lowest BCUT2D eigenvalue weighted by Crippen LogP contribution is -2.36. The number of likely N-dealkylation sites (tertiary alicyclic amines) is 1. The fraction of sp³-hybridized carbons (Fsp3) is 0.562. The number of hydrogen-bond donors (Lipinski definition) is 0. The summed E-state index contributed by atoms with van der Waals surface area (Å²) in [5, 5.41) is 8.93. The lowest BCUT2D eigenvalue weighted by molar-refractivity contribution is 0.213. The van der Waals surface area contributed by atoms with E-state index in [-0.39, 0.29) is 5.82 Å². The predicted octanol–water partition coefficient (Wildman–Crippen LogP) is 2.37. The van der Waals surface area contributed by atoms with Crippen LogP contribution in [0.2, 0.25) is 0 Å². The van der Waals surface area contributed by atoms with Gasteiger partial charge in [-0.25, -0.2) is 4.39 Å². The molecule has 0 aliphatic carbocycles. The van der Waals surface area contributed by atoms with Crippen LogP contribution in [0.5, 0.6) is 0 Å². The van der Waals surface area contributed by atoms with E-state index in [1.54, 1.807) is 6.07 Å². The van der Waals surface area contributed by atoms with Crippen LogP contribution in [0.25, 0.3) is 0 Å². The first-order valence-corrected chi connectivity index (χ1v) is 7.30. The van der Waals surface area contributed by atoms with E-state index >= 15 is 0 Å². The third kappa shape index (κ3) is 2.56. The molecule has 2 aliphatic rings. The van der Waals surface area contributed by atoms with Crippen molar-refractivity contribution >= 4 is 0 Å². The zero-order chi connectivity index (χ0) is 14.1. The van der Waals surface area contributed by atoms with Crippen molar-refractivity contribution in [1.29, 1.82) is 5.26 Å². The minimum Gasteiger partial charge on any atom is -0.299 e.